The summed E-state index contributed by atoms with van der Waals surface area (Å²) in [6.45, 7) is 6.43. The van der Waals surface area contributed by atoms with Gasteiger partial charge in [-0.1, -0.05) is 12.8 Å². The van der Waals surface area contributed by atoms with Crippen LogP contribution < -0.4 is 15.4 Å². The Bertz CT molecular complexity index is 610. The molecule has 1 aromatic heterocycles. The Morgan fingerprint density at radius 3 is 2.58 bits per heavy atom. The van der Waals surface area contributed by atoms with Gasteiger partial charge in [-0.05, 0) is 38.5 Å². The van der Waals surface area contributed by atoms with E-state index in [1.165, 1.54) is 25.7 Å². The van der Waals surface area contributed by atoms with Crippen molar-refractivity contribution in [3.63, 3.8) is 0 Å². The second kappa shape index (κ2) is 9.76. The predicted octanol–water partition coefficient (Wildman–Crippen LogP) is 2.97. The molecule has 0 unspecified atom stereocenters. The molecule has 0 atom stereocenters. The van der Waals surface area contributed by atoms with Gasteiger partial charge in [0.25, 0.3) is 0 Å². The highest BCUT2D eigenvalue weighted by Gasteiger charge is 2.33. The summed E-state index contributed by atoms with van der Waals surface area (Å²) in [6.07, 6.45) is 8.10. The van der Waals surface area contributed by atoms with Crippen molar-refractivity contribution in [2.75, 3.05) is 34.4 Å². The minimum absolute atomic E-state index is 0.328. The fraction of sp³-hybridized carbons (Fsp3) is 0.700. The Balaban J connectivity index is 1.94. The van der Waals surface area contributed by atoms with Gasteiger partial charge < -0.3 is 20.1 Å². The highest BCUT2D eigenvalue weighted by atomic mass is 16.5. The van der Waals surface area contributed by atoms with Gasteiger partial charge >= 0.3 is 0 Å². The lowest BCUT2D eigenvalue weighted by Gasteiger charge is -2.30. The van der Waals surface area contributed by atoms with E-state index in [1.807, 2.05) is 27.1 Å². The van der Waals surface area contributed by atoms with E-state index in [1.54, 1.807) is 14.2 Å². The number of aliphatic imine (C=N–C) groups is 1. The van der Waals surface area contributed by atoms with E-state index in [0.29, 0.717) is 12.0 Å². The van der Waals surface area contributed by atoms with Gasteiger partial charge in [-0.15, -0.1) is 0 Å². The summed E-state index contributed by atoms with van der Waals surface area (Å²) in [5, 5.41) is 6.90. The van der Waals surface area contributed by atoms with Crippen LogP contribution in [0, 0.1) is 19.3 Å². The van der Waals surface area contributed by atoms with Gasteiger partial charge in [0.1, 0.15) is 5.75 Å². The topological polar surface area (TPSA) is 67.8 Å². The number of pyridine rings is 1. The molecular weight excluding hydrogens is 328 g/mol. The molecule has 0 aliphatic heterocycles. The lowest BCUT2D eigenvalue weighted by Crippen LogP contribution is -2.43. The van der Waals surface area contributed by atoms with Crippen LogP contribution in [0.2, 0.25) is 0 Å². The van der Waals surface area contributed by atoms with Crippen LogP contribution in [0.1, 0.15) is 48.9 Å². The first-order chi connectivity index (χ1) is 12.5. The van der Waals surface area contributed by atoms with Crippen LogP contribution in [0.4, 0.5) is 0 Å². The van der Waals surface area contributed by atoms with E-state index >= 15 is 0 Å². The highest BCUT2D eigenvalue weighted by Crippen LogP contribution is 2.40. The summed E-state index contributed by atoms with van der Waals surface area (Å²) in [6, 6.07) is 0. The third-order valence-corrected chi connectivity index (χ3v) is 5.53. The molecule has 6 heteroatoms. The first-order valence-electron chi connectivity index (χ1n) is 9.48. The molecule has 1 saturated carbocycles. The minimum atomic E-state index is 0.328. The van der Waals surface area contributed by atoms with Crippen molar-refractivity contribution in [3.05, 3.63) is 23.0 Å². The van der Waals surface area contributed by atoms with E-state index in [4.69, 9.17) is 9.47 Å². The number of ether oxygens (including phenoxy) is 2. The van der Waals surface area contributed by atoms with Crippen molar-refractivity contribution < 1.29 is 9.47 Å². The van der Waals surface area contributed by atoms with Crippen molar-refractivity contribution in [1.29, 1.82) is 0 Å². The summed E-state index contributed by atoms with van der Waals surface area (Å²) in [5.41, 5.74) is 3.43. The maximum Gasteiger partial charge on any atom is 0.191 e. The molecule has 6 nitrogen and oxygen atoms in total. The first-order valence-corrected chi connectivity index (χ1v) is 9.48. The predicted molar refractivity (Wildman–Crippen MR) is 106 cm³/mol. The normalized spacial score (nSPS) is 16.6. The van der Waals surface area contributed by atoms with Crippen molar-refractivity contribution >= 4 is 5.96 Å². The van der Waals surface area contributed by atoms with Gasteiger partial charge in [0.05, 0.1) is 19.3 Å². The zero-order valence-corrected chi connectivity index (χ0v) is 16.9. The number of methoxy groups -OCH3 is 2. The second-order valence-corrected chi connectivity index (χ2v) is 7.28. The lowest BCUT2D eigenvalue weighted by molar-refractivity contribution is 0.138. The Morgan fingerprint density at radius 2 is 1.96 bits per heavy atom. The first kappa shape index (κ1) is 20.5. The van der Waals surface area contributed by atoms with Gasteiger partial charge in [-0.3, -0.25) is 9.98 Å². The Morgan fingerprint density at radius 1 is 1.23 bits per heavy atom. The van der Waals surface area contributed by atoms with E-state index < -0.39 is 0 Å². The molecule has 0 bridgehead atoms. The average molecular weight is 363 g/mol. The quantitative estimate of drug-likeness (QED) is 0.550. The summed E-state index contributed by atoms with van der Waals surface area (Å²) in [5.74, 6) is 1.72. The average Bonchev–Trinajstić information content (AvgIpc) is 3.11. The van der Waals surface area contributed by atoms with E-state index in [9.17, 15) is 0 Å². The van der Waals surface area contributed by atoms with Crippen LogP contribution >= 0.6 is 0 Å². The molecule has 0 saturated heterocycles. The SMILES string of the molecule is CN=C(NCc1ncc(C)c(OC)c1C)NCC1(CCOC)CCCC1. The van der Waals surface area contributed by atoms with Crippen molar-refractivity contribution in [2.24, 2.45) is 10.4 Å². The monoisotopic (exact) mass is 362 g/mol. The zero-order chi connectivity index (χ0) is 19.0. The molecule has 1 heterocycles. The number of aryl methyl sites for hydroxylation is 1. The molecule has 0 radical (unpaired) electrons. The number of aromatic nitrogens is 1. The van der Waals surface area contributed by atoms with Gasteiger partial charge in [-0.25, -0.2) is 0 Å². The summed E-state index contributed by atoms with van der Waals surface area (Å²) in [4.78, 5) is 8.91. The highest BCUT2D eigenvalue weighted by molar-refractivity contribution is 5.79. The zero-order valence-electron chi connectivity index (χ0n) is 16.9. The number of nitrogens with one attached hydrogen (secondary N) is 2. The van der Waals surface area contributed by atoms with Crippen LogP contribution in [-0.2, 0) is 11.3 Å². The third kappa shape index (κ3) is 5.10. The molecule has 1 aliphatic rings. The molecule has 0 aromatic carbocycles. The van der Waals surface area contributed by atoms with Crippen LogP contribution in [0.5, 0.6) is 5.75 Å². The minimum Gasteiger partial charge on any atom is -0.496 e. The molecule has 2 N–H and O–H groups in total. The molecule has 0 spiro atoms. The van der Waals surface area contributed by atoms with Gasteiger partial charge in [-0.2, -0.15) is 0 Å². The van der Waals surface area contributed by atoms with Crippen molar-refractivity contribution in [1.82, 2.24) is 15.6 Å². The third-order valence-electron chi connectivity index (χ3n) is 5.53. The van der Waals surface area contributed by atoms with Crippen LogP contribution in [0.25, 0.3) is 0 Å². The molecule has 1 fully saturated rings. The number of hydrogen-bond donors (Lipinski definition) is 2. The van der Waals surface area contributed by atoms with Crippen LogP contribution in [0.15, 0.2) is 11.2 Å². The van der Waals surface area contributed by atoms with E-state index in [-0.39, 0.29) is 0 Å². The largest absolute Gasteiger partial charge is 0.496 e. The number of guanidine groups is 1. The molecule has 0 amide bonds. The van der Waals surface area contributed by atoms with Gasteiger partial charge in [0, 0.05) is 44.6 Å². The maximum atomic E-state index is 5.49. The Hall–Kier alpha value is -1.82. The summed E-state index contributed by atoms with van der Waals surface area (Å²) in [7, 11) is 5.29. The Labute approximate surface area is 157 Å². The lowest BCUT2D eigenvalue weighted by atomic mass is 9.83. The van der Waals surface area contributed by atoms with Crippen LogP contribution in [-0.4, -0.2) is 45.4 Å². The summed E-state index contributed by atoms with van der Waals surface area (Å²) < 4.78 is 10.8. The fourth-order valence-electron chi connectivity index (χ4n) is 3.87. The van der Waals surface area contributed by atoms with Crippen molar-refractivity contribution in [2.45, 2.75) is 52.5 Å². The standard InChI is InChI=1S/C20H34N4O2/c1-15-12-22-17(16(2)18(15)26-5)13-23-19(21-3)24-14-20(10-11-25-4)8-6-7-9-20/h12H,6-11,13-14H2,1-5H3,(H2,21,23,24). The number of nitrogens with zero attached hydrogens (tertiary/aromatic N) is 2. The maximum absolute atomic E-state index is 5.49. The van der Waals surface area contributed by atoms with Gasteiger partial charge in [0.2, 0.25) is 0 Å². The number of rotatable bonds is 8. The summed E-state index contributed by atoms with van der Waals surface area (Å²) >= 11 is 0. The molecule has 146 valence electrons. The molecule has 1 aliphatic carbocycles. The van der Waals surface area contributed by atoms with Crippen LogP contribution in [0.3, 0.4) is 0 Å². The van der Waals surface area contributed by atoms with Crippen molar-refractivity contribution in [3.8, 4) is 5.75 Å². The molecule has 1 aromatic rings. The second-order valence-electron chi connectivity index (χ2n) is 7.28. The van der Waals surface area contributed by atoms with E-state index in [0.717, 1.165) is 48.1 Å². The fourth-order valence-corrected chi connectivity index (χ4v) is 3.87. The Kier molecular flexibility index (Phi) is 7.69. The smallest absolute Gasteiger partial charge is 0.191 e. The van der Waals surface area contributed by atoms with Gasteiger partial charge in [0.15, 0.2) is 5.96 Å². The number of hydrogen-bond acceptors (Lipinski definition) is 4. The molecule has 2 rings (SSSR count). The van der Waals surface area contributed by atoms with E-state index in [2.05, 4.69) is 20.6 Å². The molecule has 26 heavy (non-hydrogen) atoms. The molecular formula is C20H34N4O2.